The lowest BCUT2D eigenvalue weighted by Gasteiger charge is -2.24. The maximum absolute atomic E-state index is 12.8. The highest BCUT2D eigenvalue weighted by Gasteiger charge is 2.66. The molecule has 0 saturated carbocycles. The standard InChI is InChI=1S/C15H11BrN2O5/c1-15-5-4-10(23-15)11-12(15)14(20)17(13(11)19)9-3-2-7(18(21)22)6-8(9)16/h2-6,10-12H,1H3/t10-,11+,12+,15+/m1/s1. The summed E-state index contributed by atoms with van der Waals surface area (Å²) >= 11 is 3.22. The first-order valence-corrected chi connectivity index (χ1v) is 7.82. The fraction of sp³-hybridized carbons (Fsp3) is 0.333. The van der Waals surface area contributed by atoms with Gasteiger partial charge in [0.25, 0.3) is 5.69 Å². The van der Waals surface area contributed by atoms with Gasteiger partial charge in [-0.3, -0.25) is 19.7 Å². The van der Waals surface area contributed by atoms with Crippen LogP contribution in [0.25, 0.3) is 0 Å². The van der Waals surface area contributed by atoms with Gasteiger partial charge in [-0.15, -0.1) is 0 Å². The molecule has 2 saturated heterocycles. The van der Waals surface area contributed by atoms with Crippen LogP contribution in [0, 0.1) is 22.0 Å². The second kappa shape index (κ2) is 4.48. The molecule has 8 heteroatoms. The summed E-state index contributed by atoms with van der Waals surface area (Å²) in [5, 5.41) is 10.8. The number of nitro groups is 1. The topological polar surface area (TPSA) is 89.8 Å². The summed E-state index contributed by atoms with van der Waals surface area (Å²) in [5.74, 6) is -1.73. The van der Waals surface area contributed by atoms with E-state index < -0.39 is 22.4 Å². The highest BCUT2D eigenvalue weighted by molar-refractivity contribution is 9.10. The normalized spacial score (nSPS) is 34.3. The summed E-state index contributed by atoms with van der Waals surface area (Å²) in [6.45, 7) is 1.80. The summed E-state index contributed by atoms with van der Waals surface area (Å²) in [5.41, 5.74) is -0.552. The van der Waals surface area contributed by atoms with Crippen molar-refractivity contribution in [1.29, 1.82) is 0 Å². The monoisotopic (exact) mass is 378 g/mol. The van der Waals surface area contributed by atoms with Gasteiger partial charge in [0.15, 0.2) is 0 Å². The number of rotatable bonds is 2. The predicted octanol–water partition coefficient (Wildman–Crippen LogP) is 2.19. The minimum absolute atomic E-state index is 0.114. The Morgan fingerprint density at radius 1 is 1.35 bits per heavy atom. The molecule has 4 atom stereocenters. The number of carbonyl (C=O) groups is 2. The van der Waals surface area contributed by atoms with Gasteiger partial charge < -0.3 is 4.74 Å². The van der Waals surface area contributed by atoms with Gasteiger partial charge in [-0.1, -0.05) is 12.2 Å². The SMILES string of the molecule is C[C@@]12C=C[C@@H](O1)[C@@H]1C(=O)N(c3ccc([N+](=O)[O-])cc3Br)C(=O)[C@H]12. The third-order valence-electron chi connectivity index (χ3n) is 4.71. The first kappa shape index (κ1) is 14.5. The summed E-state index contributed by atoms with van der Waals surface area (Å²) in [7, 11) is 0. The molecule has 0 N–H and O–H groups in total. The van der Waals surface area contributed by atoms with E-state index in [-0.39, 0.29) is 23.6 Å². The number of benzene rings is 1. The van der Waals surface area contributed by atoms with Crippen LogP contribution < -0.4 is 4.90 Å². The Balaban J connectivity index is 1.76. The molecule has 1 aromatic carbocycles. The molecule has 0 aromatic heterocycles. The van der Waals surface area contributed by atoms with Crippen LogP contribution in [0.2, 0.25) is 0 Å². The van der Waals surface area contributed by atoms with Crippen LogP contribution in [0.5, 0.6) is 0 Å². The van der Waals surface area contributed by atoms with E-state index in [1.54, 1.807) is 6.92 Å². The van der Waals surface area contributed by atoms with Crippen LogP contribution in [0.4, 0.5) is 11.4 Å². The molecule has 3 aliphatic rings. The van der Waals surface area contributed by atoms with Gasteiger partial charge in [-0.25, -0.2) is 4.90 Å². The van der Waals surface area contributed by atoms with Gasteiger partial charge in [0.1, 0.15) is 0 Å². The van der Waals surface area contributed by atoms with Gasteiger partial charge in [0.2, 0.25) is 11.8 Å². The van der Waals surface area contributed by atoms with Crippen LogP contribution >= 0.6 is 15.9 Å². The molecular weight excluding hydrogens is 368 g/mol. The number of halogens is 1. The van der Waals surface area contributed by atoms with E-state index in [0.29, 0.717) is 10.2 Å². The van der Waals surface area contributed by atoms with E-state index in [2.05, 4.69) is 15.9 Å². The van der Waals surface area contributed by atoms with Gasteiger partial charge in [-0.05, 0) is 28.9 Å². The van der Waals surface area contributed by atoms with Crippen LogP contribution in [0.15, 0.2) is 34.8 Å². The zero-order valence-electron chi connectivity index (χ0n) is 11.9. The molecule has 0 unspecified atom stereocenters. The maximum atomic E-state index is 12.8. The van der Waals surface area contributed by atoms with E-state index >= 15 is 0 Å². The number of anilines is 1. The van der Waals surface area contributed by atoms with Gasteiger partial charge in [-0.2, -0.15) is 0 Å². The first-order valence-electron chi connectivity index (χ1n) is 7.02. The Labute approximate surface area is 139 Å². The molecule has 4 rings (SSSR count). The second-order valence-corrected chi connectivity index (χ2v) is 6.89. The van der Waals surface area contributed by atoms with E-state index in [1.807, 2.05) is 12.2 Å². The fourth-order valence-electron chi connectivity index (χ4n) is 3.68. The highest BCUT2D eigenvalue weighted by Crippen LogP contribution is 2.52. The fourth-order valence-corrected chi connectivity index (χ4v) is 4.22. The predicted molar refractivity (Wildman–Crippen MR) is 82.7 cm³/mol. The molecule has 2 amide bonds. The Morgan fingerprint density at radius 2 is 2.09 bits per heavy atom. The van der Waals surface area contributed by atoms with Crippen LogP contribution in [-0.4, -0.2) is 28.4 Å². The molecule has 0 radical (unpaired) electrons. The van der Waals surface area contributed by atoms with Crippen molar-refractivity contribution in [3.63, 3.8) is 0 Å². The average molecular weight is 379 g/mol. The van der Waals surface area contributed by atoms with Crippen molar-refractivity contribution in [3.8, 4) is 0 Å². The lowest BCUT2D eigenvalue weighted by molar-refractivity contribution is -0.384. The number of amides is 2. The van der Waals surface area contributed by atoms with E-state index in [9.17, 15) is 19.7 Å². The van der Waals surface area contributed by atoms with Gasteiger partial charge in [0.05, 0.1) is 34.2 Å². The van der Waals surface area contributed by atoms with Crippen LogP contribution in [0.3, 0.4) is 0 Å². The lowest BCUT2D eigenvalue weighted by atomic mass is 9.78. The number of ether oxygens (including phenoxy) is 1. The Kier molecular flexibility index (Phi) is 2.83. The Bertz CT molecular complexity index is 807. The molecule has 118 valence electrons. The summed E-state index contributed by atoms with van der Waals surface area (Å²) in [6, 6.07) is 3.98. The zero-order chi connectivity index (χ0) is 16.5. The van der Waals surface area contributed by atoms with Crippen molar-refractivity contribution < 1.29 is 19.2 Å². The van der Waals surface area contributed by atoms with Crippen LogP contribution in [-0.2, 0) is 14.3 Å². The number of hydrogen-bond donors (Lipinski definition) is 0. The van der Waals surface area contributed by atoms with Crippen molar-refractivity contribution in [2.75, 3.05) is 4.90 Å². The largest absolute Gasteiger partial charge is 0.362 e. The minimum atomic E-state index is -0.760. The van der Waals surface area contributed by atoms with Crippen molar-refractivity contribution >= 4 is 39.1 Å². The Morgan fingerprint density at radius 3 is 2.70 bits per heavy atom. The average Bonchev–Trinajstić information content (AvgIpc) is 3.09. The molecule has 0 spiro atoms. The molecule has 0 aliphatic carbocycles. The van der Waals surface area contributed by atoms with Crippen LogP contribution in [0.1, 0.15) is 6.92 Å². The summed E-state index contributed by atoms with van der Waals surface area (Å²) < 4.78 is 6.09. The first-order chi connectivity index (χ1) is 10.8. The minimum Gasteiger partial charge on any atom is -0.362 e. The molecule has 23 heavy (non-hydrogen) atoms. The molecule has 7 nitrogen and oxygen atoms in total. The molecule has 3 heterocycles. The maximum Gasteiger partial charge on any atom is 0.270 e. The second-order valence-electron chi connectivity index (χ2n) is 6.03. The Hall–Kier alpha value is -2.06. The number of carbonyl (C=O) groups excluding carboxylic acids is 2. The third-order valence-corrected chi connectivity index (χ3v) is 5.35. The zero-order valence-corrected chi connectivity index (χ0v) is 13.5. The number of non-ortho nitro benzene ring substituents is 1. The van der Waals surface area contributed by atoms with Crippen molar-refractivity contribution in [2.45, 2.75) is 18.6 Å². The molecular formula is C15H11BrN2O5. The molecule has 2 fully saturated rings. The molecule has 2 bridgehead atoms. The van der Waals surface area contributed by atoms with E-state index in [0.717, 1.165) is 4.90 Å². The smallest absolute Gasteiger partial charge is 0.270 e. The van der Waals surface area contributed by atoms with Gasteiger partial charge >= 0.3 is 0 Å². The summed E-state index contributed by atoms with van der Waals surface area (Å²) in [6.07, 6.45) is 3.27. The lowest BCUT2D eigenvalue weighted by Crippen LogP contribution is -2.38. The number of fused-ring (bicyclic) bond motifs is 5. The van der Waals surface area contributed by atoms with Crippen molar-refractivity contribution in [1.82, 2.24) is 0 Å². The summed E-state index contributed by atoms with van der Waals surface area (Å²) in [4.78, 5) is 36.9. The number of nitro benzene ring substituents is 1. The van der Waals surface area contributed by atoms with Crippen molar-refractivity contribution in [2.24, 2.45) is 11.8 Å². The number of hydrogen-bond acceptors (Lipinski definition) is 5. The van der Waals surface area contributed by atoms with E-state index in [1.165, 1.54) is 18.2 Å². The van der Waals surface area contributed by atoms with Gasteiger partial charge in [0, 0.05) is 16.6 Å². The highest BCUT2D eigenvalue weighted by atomic mass is 79.9. The third kappa shape index (κ3) is 1.79. The van der Waals surface area contributed by atoms with E-state index in [4.69, 9.17) is 4.74 Å². The number of nitrogens with zero attached hydrogens (tertiary/aromatic N) is 2. The molecule has 3 aliphatic heterocycles. The molecule has 1 aromatic rings. The van der Waals surface area contributed by atoms with Crippen molar-refractivity contribution in [3.05, 3.63) is 44.9 Å². The number of imide groups is 1. The quantitative estimate of drug-likeness (QED) is 0.340.